The standard InChI is InChI=1S/C19H29NO/c1-4-5-15-13(2)6-9-17-16(15)8-7-14-12-18(21)20-11-10-19(14,17)3/h6,12,15-17H,4-5,7-11H2,1-3H3,(H,20,21). The zero-order chi connectivity index (χ0) is 15.0. The summed E-state index contributed by atoms with van der Waals surface area (Å²) in [4.78, 5) is 11.9. The lowest BCUT2D eigenvalue weighted by Crippen LogP contribution is -2.44. The van der Waals surface area contributed by atoms with Gasteiger partial charge in [-0.25, -0.2) is 0 Å². The van der Waals surface area contributed by atoms with Crippen LogP contribution in [0.5, 0.6) is 0 Å². The van der Waals surface area contributed by atoms with Gasteiger partial charge >= 0.3 is 0 Å². The topological polar surface area (TPSA) is 29.1 Å². The van der Waals surface area contributed by atoms with Crippen molar-refractivity contribution in [3.63, 3.8) is 0 Å². The van der Waals surface area contributed by atoms with E-state index in [1.54, 1.807) is 5.57 Å². The van der Waals surface area contributed by atoms with Gasteiger partial charge in [0.1, 0.15) is 0 Å². The van der Waals surface area contributed by atoms with Crippen LogP contribution in [0.3, 0.4) is 0 Å². The molecule has 116 valence electrons. The monoisotopic (exact) mass is 287 g/mol. The SMILES string of the molecule is CCCC1C(C)=CCC2C1CCC1=CC(=O)NCCC12C. The lowest BCUT2D eigenvalue weighted by molar-refractivity contribution is -0.116. The highest BCUT2D eigenvalue weighted by molar-refractivity contribution is 5.88. The minimum atomic E-state index is 0.125. The Balaban J connectivity index is 1.95. The van der Waals surface area contributed by atoms with Crippen molar-refractivity contribution in [1.29, 1.82) is 0 Å². The Morgan fingerprint density at radius 1 is 1.43 bits per heavy atom. The molecule has 1 amide bonds. The van der Waals surface area contributed by atoms with Gasteiger partial charge in [-0.05, 0) is 62.2 Å². The third kappa shape index (κ3) is 2.47. The van der Waals surface area contributed by atoms with Crippen LogP contribution in [-0.2, 0) is 4.79 Å². The fraction of sp³-hybridized carbons (Fsp3) is 0.737. The van der Waals surface area contributed by atoms with E-state index in [9.17, 15) is 4.79 Å². The van der Waals surface area contributed by atoms with Gasteiger partial charge in [0.25, 0.3) is 0 Å². The molecule has 3 rings (SSSR count). The molecule has 0 bridgehead atoms. The summed E-state index contributed by atoms with van der Waals surface area (Å²) >= 11 is 0. The zero-order valence-corrected chi connectivity index (χ0v) is 13.7. The van der Waals surface area contributed by atoms with Gasteiger partial charge in [0.15, 0.2) is 0 Å². The summed E-state index contributed by atoms with van der Waals surface area (Å²) in [7, 11) is 0. The molecule has 0 aromatic carbocycles. The number of nitrogens with one attached hydrogen (secondary N) is 1. The average molecular weight is 287 g/mol. The van der Waals surface area contributed by atoms with Gasteiger partial charge in [-0.3, -0.25) is 4.79 Å². The number of carbonyl (C=O) groups is 1. The lowest BCUT2D eigenvalue weighted by atomic mass is 9.52. The molecule has 1 saturated carbocycles. The van der Waals surface area contributed by atoms with E-state index in [4.69, 9.17) is 0 Å². The highest BCUT2D eigenvalue weighted by Crippen LogP contribution is 2.57. The maximum atomic E-state index is 11.9. The van der Waals surface area contributed by atoms with Crippen molar-refractivity contribution in [3.05, 3.63) is 23.3 Å². The molecule has 3 aliphatic rings. The molecule has 2 nitrogen and oxygen atoms in total. The van der Waals surface area contributed by atoms with Crippen LogP contribution in [0.4, 0.5) is 0 Å². The molecule has 1 N–H and O–H groups in total. The number of hydrogen-bond donors (Lipinski definition) is 1. The van der Waals surface area contributed by atoms with Gasteiger partial charge in [-0.15, -0.1) is 0 Å². The molecular weight excluding hydrogens is 258 g/mol. The van der Waals surface area contributed by atoms with Crippen molar-refractivity contribution in [2.24, 2.45) is 23.2 Å². The molecule has 2 heteroatoms. The largest absolute Gasteiger partial charge is 0.353 e. The van der Waals surface area contributed by atoms with Crippen LogP contribution in [-0.4, -0.2) is 12.5 Å². The summed E-state index contributed by atoms with van der Waals surface area (Å²) in [5.74, 6) is 2.45. The average Bonchev–Trinajstić information content (AvgIpc) is 2.59. The van der Waals surface area contributed by atoms with Gasteiger partial charge < -0.3 is 5.32 Å². The van der Waals surface area contributed by atoms with Crippen molar-refractivity contribution in [1.82, 2.24) is 5.32 Å². The van der Waals surface area contributed by atoms with E-state index in [-0.39, 0.29) is 11.3 Å². The third-order valence-corrected chi connectivity index (χ3v) is 6.46. The molecule has 21 heavy (non-hydrogen) atoms. The maximum Gasteiger partial charge on any atom is 0.243 e. The van der Waals surface area contributed by atoms with Crippen LogP contribution in [0.15, 0.2) is 23.3 Å². The quantitative estimate of drug-likeness (QED) is 0.757. The second-order valence-electron chi connectivity index (χ2n) is 7.52. The molecule has 4 unspecified atom stereocenters. The molecule has 4 atom stereocenters. The Bertz CT molecular complexity index is 490. The number of fused-ring (bicyclic) bond motifs is 3. The van der Waals surface area contributed by atoms with Gasteiger partial charge in [0.05, 0.1) is 0 Å². The molecule has 1 heterocycles. The van der Waals surface area contributed by atoms with Gasteiger partial charge in [-0.2, -0.15) is 0 Å². The summed E-state index contributed by atoms with van der Waals surface area (Å²) in [6.45, 7) is 7.90. The molecule has 0 radical (unpaired) electrons. The summed E-state index contributed by atoms with van der Waals surface area (Å²) < 4.78 is 0. The van der Waals surface area contributed by atoms with E-state index in [0.717, 1.165) is 37.1 Å². The van der Waals surface area contributed by atoms with E-state index in [1.807, 2.05) is 6.08 Å². The van der Waals surface area contributed by atoms with Crippen LogP contribution in [0.2, 0.25) is 0 Å². The first-order valence-electron chi connectivity index (χ1n) is 8.71. The van der Waals surface area contributed by atoms with E-state index in [0.29, 0.717) is 0 Å². The first-order chi connectivity index (χ1) is 10.1. The summed E-state index contributed by atoms with van der Waals surface area (Å²) in [5.41, 5.74) is 3.27. The zero-order valence-electron chi connectivity index (χ0n) is 13.7. The van der Waals surface area contributed by atoms with Crippen molar-refractivity contribution < 1.29 is 4.79 Å². The number of carbonyl (C=O) groups excluding carboxylic acids is 1. The fourth-order valence-electron chi connectivity index (χ4n) is 5.23. The maximum absolute atomic E-state index is 11.9. The van der Waals surface area contributed by atoms with Crippen LogP contribution >= 0.6 is 0 Å². The first kappa shape index (κ1) is 14.9. The van der Waals surface area contributed by atoms with Crippen molar-refractivity contribution in [3.8, 4) is 0 Å². The van der Waals surface area contributed by atoms with Gasteiger partial charge in [-0.1, -0.05) is 37.5 Å². The Labute approximate surface area is 129 Å². The van der Waals surface area contributed by atoms with E-state index in [2.05, 4.69) is 32.2 Å². The minimum Gasteiger partial charge on any atom is -0.353 e. The normalized spacial score (nSPS) is 39.4. The van der Waals surface area contributed by atoms with Crippen LogP contribution in [0.1, 0.15) is 59.3 Å². The van der Waals surface area contributed by atoms with Crippen LogP contribution in [0.25, 0.3) is 0 Å². The summed E-state index contributed by atoms with van der Waals surface area (Å²) in [6.07, 6.45) is 11.7. The summed E-state index contributed by atoms with van der Waals surface area (Å²) in [6, 6.07) is 0. The molecule has 0 aromatic rings. The molecular formula is C19H29NO. The highest BCUT2D eigenvalue weighted by atomic mass is 16.1. The Morgan fingerprint density at radius 2 is 2.24 bits per heavy atom. The highest BCUT2D eigenvalue weighted by Gasteiger charge is 2.48. The van der Waals surface area contributed by atoms with Crippen molar-refractivity contribution in [2.75, 3.05) is 6.54 Å². The van der Waals surface area contributed by atoms with Crippen molar-refractivity contribution in [2.45, 2.75) is 59.3 Å². The molecule has 1 aliphatic heterocycles. The molecule has 0 saturated heterocycles. The third-order valence-electron chi connectivity index (χ3n) is 6.46. The van der Waals surface area contributed by atoms with Crippen molar-refractivity contribution >= 4 is 5.91 Å². The molecule has 2 aliphatic carbocycles. The van der Waals surface area contributed by atoms with E-state index >= 15 is 0 Å². The van der Waals surface area contributed by atoms with Gasteiger partial charge in [0.2, 0.25) is 5.91 Å². The van der Waals surface area contributed by atoms with Gasteiger partial charge in [0, 0.05) is 12.6 Å². The predicted octanol–water partition coefficient (Wildman–Crippen LogP) is 4.23. The Morgan fingerprint density at radius 3 is 3.00 bits per heavy atom. The Hall–Kier alpha value is -1.05. The molecule has 1 fully saturated rings. The molecule has 0 spiro atoms. The number of rotatable bonds is 2. The van der Waals surface area contributed by atoms with Crippen LogP contribution < -0.4 is 5.32 Å². The second-order valence-corrected chi connectivity index (χ2v) is 7.52. The smallest absolute Gasteiger partial charge is 0.243 e. The lowest BCUT2D eigenvalue weighted by Gasteiger charge is -2.52. The van der Waals surface area contributed by atoms with Crippen LogP contribution in [0, 0.1) is 23.2 Å². The summed E-state index contributed by atoms with van der Waals surface area (Å²) in [5, 5.41) is 3.04. The second kappa shape index (κ2) is 5.62. The molecule has 0 aromatic heterocycles. The first-order valence-corrected chi connectivity index (χ1v) is 8.71. The van der Waals surface area contributed by atoms with E-state index < -0.39 is 0 Å². The fourth-order valence-corrected chi connectivity index (χ4v) is 5.23. The number of amides is 1. The minimum absolute atomic E-state index is 0.125. The predicted molar refractivity (Wildman–Crippen MR) is 86.8 cm³/mol. The van der Waals surface area contributed by atoms with E-state index in [1.165, 1.54) is 31.3 Å². The number of hydrogen-bond acceptors (Lipinski definition) is 1. The Kier molecular flexibility index (Phi) is 3.98. The number of allylic oxidation sites excluding steroid dienone is 3.